The predicted molar refractivity (Wildman–Crippen MR) is 97.1 cm³/mol. The Bertz CT molecular complexity index is 500. The first-order valence-corrected chi connectivity index (χ1v) is 10.1. The number of hydrogen-bond acceptors (Lipinski definition) is 3. The summed E-state index contributed by atoms with van der Waals surface area (Å²) in [6.45, 7) is 0.767. The Balaban J connectivity index is 1.77. The standard InChI is InChI=1S/C16H20ClIO2S/c17-12-1-2-14(18)13(9-12)15(19)11-3-6-20-16(10-11)4-7-21-8-5-16/h1-2,9,11,15,19H,3-8,10H2. The Morgan fingerprint density at radius 3 is 2.90 bits per heavy atom. The van der Waals surface area contributed by atoms with Crippen molar-refractivity contribution in [2.45, 2.75) is 37.4 Å². The van der Waals surface area contributed by atoms with E-state index in [1.165, 1.54) is 11.5 Å². The quantitative estimate of drug-likeness (QED) is 0.681. The summed E-state index contributed by atoms with van der Waals surface area (Å²) in [7, 11) is 0. The van der Waals surface area contributed by atoms with E-state index in [4.69, 9.17) is 16.3 Å². The molecule has 0 radical (unpaired) electrons. The third kappa shape index (κ3) is 3.71. The van der Waals surface area contributed by atoms with E-state index >= 15 is 0 Å². The molecule has 0 saturated carbocycles. The van der Waals surface area contributed by atoms with Crippen LogP contribution in [0.25, 0.3) is 0 Å². The van der Waals surface area contributed by atoms with Crippen molar-refractivity contribution in [2.75, 3.05) is 18.1 Å². The molecule has 2 fully saturated rings. The van der Waals surface area contributed by atoms with Gasteiger partial charge in [-0.2, -0.15) is 11.8 Å². The van der Waals surface area contributed by atoms with Crippen LogP contribution in [0.1, 0.15) is 37.4 Å². The highest BCUT2D eigenvalue weighted by Gasteiger charge is 2.41. The molecule has 2 aliphatic heterocycles. The first-order valence-electron chi connectivity index (χ1n) is 7.44. The molecule has 2 aliphatic rings. The average molecular weight is 439 g/mol. The lowest BCUT2D eigenvalue weighted by Gasteiger charge is -2.44. The van der Waals surface area contributed by atoms with Gasteiger partial charge in [0.15, 0.2) is 0 Å². The number of ether oxygens (including phenoxy) is 1. The van der Waals surface area contributed by atoms with Gasteiger partial charge in [0.25, 0.3) is 0 Å². The van der Waals surface area contributed by atoms with Crippen LogP contribution < -0.4 is 0 Å². The molecule has 5 heteroatoms. The molecule has 3 rings (SSSR count). The lowest BCUT2D eigenvalue weighted by Crippen LogP contribution is -2.44. The van der Waals surface area contributed by atoms with Gasteiger partial charge in [0.1, 0.15) is 0 Å². The van der Waals surface area contributed by atoms with E-state index in [-0.39, 0.29) is 11.5 Å². The van der Waals surface area contributed by atoms with Crippen molar-refractivity contribution in [1.82, 2.24) is 0 Å². The number of aliphatic hydroxyl groups excluding tert-OH is 1. The van der Waals surface area contributed by atoms with E-state index in [2.05, 4.69) is 22.6 Å². The van der Waals surface area contributed by atoms with E-state index in [9.17, 15) is 5.11 Å². The van der Waals surface area contributed by atoms with Crippen LogP contribution in [-0.4, -0.2) is 28.8 Å². The molecule has 2 saturated heterocycles. The summed E-state index contributed by atoms with van der Waals surface area (Å²) >= 11 is 10.4. The highest BCUT2D eigenvalue weighted by molar-refractivity contribution is 14.1. The maximum absolute atomic E-state index is 10.8. The normalized spacial score (nSPS) is 26.7. The second kappa shape index (κ2) is 6.95. The summed E-state index contributed by atoms with van der Waals surface area (Å²) in [6.07, 6.45) is 3.70. The van der Waals surface area contributed by atoms with Gasteiger partial charge in [-0.05, 0) is 89.5 Å². The molecule has 2 heterocycles. The van der Waals surface area contributed by atoms with Crippen LogP contribution in [0.15, 0.2) is 18.2 Å². The molecule has 1 aromatic rings. The minimum atomic E-state index is -0.439. The molecule has 2 atom stereocenters. The van der Waals surface area contributed by atoms with Gasteiger partial charge < -0.3 is 9.84 Å². The molecule has 2 unspecified atom stereocenters. The maximum Gasteiger partial charge on any atom is 0.0830 e. The van der Waals surface area contributed by atoms with Gasteiger partial charge in [0.2, 0.25) is 0 Å². The second-order valence-corrected chi connectivity index (χ2v) is 8.83. The Morgan fingerprint density at radius 1 is 1.38 bits per heavy atom. The van der Waals surface area contributed by atoms with E-state index in [0.717, 1.165) is 41.4 Å². The Labute approximate surface area is 149 Å². The molecule has 0 amide bonds. The zero-order valence-corrected chi connectivity index (χ0v) is 15.6. The Morgan fingerprint density at radius 2 is 2.14 bits per heavy atom. The van der Waals surface area contributed by atoms with Gasteiger partial charge in [0, 0.05) is 15.2 Å². The monoisotopic (exact) mass is 438 g/mol. The van der Waals surface area contributed by atoms with Gasteiger partial charge in [-0.1, -0.05) is 11.6 Å². The highest BCUT2D eigenvalue weighted by Crippen LogP contribution is 2.44. The van der Waals surface area contributed by atoms with Crippen molar-refractivity contribution in [3.63, 3.8) is 0 Å². The molecule has 0 aromatic heterocycles. The topological polar surface area (TPSA) is 29.5 Å². The van der Waals surface area contributed by atoms with Crippen molar-refractivity contribution in [1.29, 1.82) is 0 Å². The number of hydrogen-bond donors (Lipinski definition) is 1. The van der Waals surface area contributed by atoms with Crippen molar-refractivity contribution < 1.29 is 9.84 Å². The number of halogens is 2. The lowest BCUT2D eigenvalue weighted by molar-refractivity contribution is -0.121. The highest BCUT2D eigenvalue weighted by atomic mass is 127. The van der Waals surface area contributed by atoms with Crippen molar-refractivity contribution >= 4 is 46.0 Å². The van der Waals surface area contributed by atoms with Gasteiger partial charge >= 0.3 is 0 Å². The van der Waals surface area contributed by atoms with Gasteiger partial charge in [-0.25, -0.2) is 0 Å². The number of aliphatic hydroxyl groups is 1. The fourth-order valence-electron chi connectivity index (χ4n) is 3.42. The van der Waals surface area contributed by atoms with Gasteiger partial charge in [-0.15, -0.1) is 0 Å². The first-order chi connectivity index (χ1) is 10.1. The zero-order valence-electron chi connectivity index (χ0n) is 11.9. The van der Waals surface area contributed by atoms with Gasteiger partial charge in [-0.3, -0.25) is 0 Å². The number of thioether (sulfide) groups is 1. The van der Waals surface area contributed by atoms with Gasteiger partial charge in [0.05, 0.1) is 11.7 Å². The van der Waals surface area contributed by atoms with Crippen LogP contribution in [0.3, 0.4) is 0 Å². The average Bonchev–Trinajstić information content (AvgIpc) is 2.50. The molecule has 1 spiro atoms. The van der Waals surface area contributed by atoms with E-state index < -0.39 is 6.10 Å². The first kappa shape index (κ1) is 16.4. The van der Waals surface area contributed by atoms with Crippen LogP contribution in [0.2, 0.25) is 5.02 Å². The number of rotatable bonds is 2. The summed E-state index contributed by atoms with van der Waals surface area (Å²) in [6, 6.07) is 5.77. The Kier molecular flexibility index (Phi) is 5.42. The summed E-state index contributed by atoms with van der Waals surface area (Å²) in [5, 5.41) is 11.5. The Hall–Kier alpha value is 0.510. The minimum Gasteiger partial charge on any atom is -0.388 e. The predicted octanol–water partition coefficient (Wildman–Crippen LogP) is 4.67. The third-order valence-electron chi connectivity index (χ3n) is 4.66. The summed E-state index contributed by atoms with van der Waals surface area (Å²) in [5.74, 6) is 2.63. The molecular weight excluding hydrogens is 419 g/mol. The fourth-order valence-corrected chi connectivity index (χ4v) is 5.49. The van der Waals surface area contributed by atoms with Crippen LogP contribution in [0, 0.1) is 9.49 Å². The van der Waals surface area contributed by atoms with Crippen molar-refractivity contribution in [2.24, 2.45) is 5.92 Å². The van der Waals surface area contributed by atoms with Crippen LogP contribution >= 0.6 is 46.0 Å². The molecule has 0 bridgehead atoms. The third-order valence-corrected chi connectivity index (χ3v) is 6.86. The van der Waals surface area contributed by atoms with E-state index in [0.29, 0.717) is 5.02 Å². The lowest BCUT2D eigenvalue weighted by atomic mass is 9.78. The molecule has 116 valence electrons. The van der Waals surface area contributed by atoms with E-state index in [1.807, 2.05) is 30.0 Å². The maximum atomic E-state index is 10.8. The summed E-state index contributed by atoms with van der Waals surface area (Å²) in [5.41, 5.74) is 0.981. The fraction of sp³-hybridized carbons (Fsp3) is 0.625. The molecule has 21 heavy (non-hydrogen) atoms. The largest absolute Gasteiger partial charge is 0.388 e. The molecule has 2 nitrogen and oxygen atoms in total. The van der Waals surface area contributed by atoms with E-state index in [1.54, 1.807) is 0 Å². The summed E-state index contributed by atoms with van der Waals surface area (Å²) in [4.78, 5) is 0. The van der Waals surface area contributed by atoms with Crippen molar-refractivity contribution in [3.05, 3.63) is 32.4 Å². The molecule has 1 N–H and O–H groups in total. The minimum absolute atomic E-state index is 0.0131. The zero-order chi connectivity index (χ0) is 14.9. The number of benzene rings is 1. The van der Waals surface area contributed by atoms with Crippen LogP contribution in [-0.2, 0) is 4.74 Å². The molecular formula is C16H20ClIO2S. The summed E-state index contributed by atoms with van der Waals surface area (Å²) < 4.78 is 7.21. The van der Waals surface area contributed by atoms with Crippen LogP contribution in [0.4, 0.5) is 0 Å². The van der Waals surface area contributed by atoms with Crippen molar-refractivity contribution in [3.8, 4) is 0 Å². The van der Waals surface area contributed by atoms with Crippen LogP contribution in [0.5, 0.6) is 0 Å². The molecule has 1 aromatic carbocycles. The SMILES string of the molecule is OC(c1cc(Cl)ccc1I)C1CCOC2(CCSCC2)C1. The smallest absolute Gasteiger partial charge is 0.0830 e. The molecule has 0 aliphatic carbocycles. The second-order valence-electron chi connectivity index (χ2n) is 6.01.